The van der Waals surface area contributed by atoms with E-state index in [1.165, 1.54) is 41.4 Å². The van der Waals surface area contributed by atoms with Gasteiger partial charge in [-0.05, 0) is 54.9 Å². The quantitative estimate of drug-likeness (QED) is 0.801. The van der Waals surface area contributed by atoms with Gasteiger partial charge < -0.3 is 5.32 Å². The number of anilines is 1. The number of hydrogen-bond acceptors (Lipinski definition) is 1. The standard InChI is InChI=1S/C16H24BrN/c1-3-14-10-15(17)8-9-16(14)18-11-13-6-4-12(2)5-7-13/h8-10,12-13,18H,3-7,11H2,1-2H3. The van der Waals surface area contributed by atoms with Crippen LogP contribution in [0.5, 0.6) is 0 Å². The third-order valence-corrected chi connectivity index (χ3v) is 4.66. The van der Waals surface area contributed by atoms with Gasteiger partial charge >= 0.3 is 0 Å². The van der Waals surface area contributed by atoms with Crippen molar-refractivity contribution in [1.29, 1.82) is 0 Å². The van der Waals surface area contributed by atoms with Crippen molar-refractivity contribution < 1.29 is 0 Å². The van der Waals surface area contributed by atoms with Crippen molar-refractivity contribution >= 4 is 21.6 Å². The van der Waals surface area contributed by atoms with Crippen molar-refractivity contribution in [2.75, 3.05) is 11.9 Å². The first kappa shape index (κ1) is 13.9. The lowest BCUT2D eigenvalue weighted by Crippen LogP contribution is -2.20. The molecule has 0 aromatic heterocycles. The van der Waals surface area contributed by atoms with Crippen LogP contribution >= 0.6 is 15.9 Å². The molecule has 0 bridgehead atoms. The summed E-state index contributed by atoms with van der Waals surface area (Å²) in [4.78, 5) is 0. The average Bonchev–Trinajstić information content (AvgIpc) is 2.39. The van der Waals surface area contributed by atoms with Crippen LogP contribution < -0.4 is 5.32 Å². The van der Waals surface area contributed by atoms with Crippen molar-refractivity contribution in [3.05, 3.63) is 28.2 Å². The van der Waals surface area contributed by atoms with Crippen LogP contribution in [0.2, 0.25) is 0 Å². The maximum atomic E-state index is 3.66. The van der Waals surface area contributed by atoms with Gasteiger partial charge in [0.25, 0.3) is 0 Å². The fourth-order valence-corrected chi connectivity index (χ4v) is 3.22. The molecule has 0 unspecified atom stereocenters. The number of rotatable bonds is 4. The summed E-state index contributed by atoms with van der Waals surface area (Å²) in [5.74, 6) is 1.81. The Hall–Kier alpha value is -0.500. The van der Waals surface area contributed by atoms with E-state index in [2.05, 4.69) is 53.3 Å². The minimum Gasteiger partial charge on any atom is -0.385 e. The van der Waals surface area contributed by atoms with Gasteiger partial charge in [-0.2, -0.15) is 0 Å². The Morgan fingerprint density at radius 1 is 1.22 bits per heavy atom. The Morgan fingerprint density at radius 2 is 1.94 bits per heavy atom. The van der Waals surface area contributed by atoms with E-state index in [-0.39, 0.29) is 0 Å². The number of benzene rings is 1. The molecule has 2 heteroatoms. The summed E-state index contributed by atoms with van der Waals surface area (Å²) >= 11 is 3.54. The van der Waals surface area contributed by atoms with Crippen LogP contribution in [0, 0.1) is 11.8 Å². The maximum Gasteiger partial charge on any atom is 0.0373 e. The molecule has 0 spiro atoms. The molecule has 1 aromatic carbocycles. The molecule has 1 N–H and O–H groups in total. The van der Waals surface area contributed by atoms with Gasteiger partial charge in [0.05, 0.1) is 0 Å². The van der Waals surface area contributed by atoms with Crippen LogP contribution in [0.1, 0.15) is 45.1 Å². The van der Waals surface area contributed by atoms with Crippen LogP contribution in [-0.4, -0.2) is 6.54 Å². The van der Waals surface area contributed by atoms with Gasteiger partial charge in [0, 0.05) is 16.7 Å². The molecule has 1 fully saturated rings. The summed E-state index contributed by atoms with van der Waals surface area (Å²) in [6, 6.07) is 6.56. The molecule has 0 heterocycles. The SMILES string of the molecule is CCc1cc(Br)ccc1NCC1CCC(C)CC1. The third kappa shape index (κ3) is 3.74. The fourth-order valence-electron chi connectivity index (χ4n) is 2.81. The molecule has 18 heavy (non-hydrogen) atoms. The van der Waals surface area contributed by atoms with E-state index in [4.69, 9.17) is 0 Å². The van der Waals surface area contributed by atoms with Crippen LogP contribution in [0.4, 0.5) is 5.69 Å². The third-order valence-electron chi connectivity index (χ3n) is 4.16. The molecule has 0 radical (unpaired) electrons. The normalized spacial score (nSPS) is 23.9. The summed E-state index contributed by atoms with van der Waals surface area (Å²) in [7, 11) is 0. The Morgan fingerprint density at radius 3 is 2.61 bits per heavy atom. The van der Waals surface area contributed by atoms with E-state index in [9.17, 15) is 0 Å². The molecule has 2 rings (SSSR count). The van der Waals surface area contributed by atoms with E-state index >= 15 is 0 Å². The topological polar surface area (TPSA) is 12.0 Å². The highest BCUT2D eigenvalue weighted by Gasteiger charge is 2.18. The molecule has 0 amide bonds. The van der Waals surface area contributed by atoms with E-state index < -0.39 is 0 Å². The first-order chi connectivity index (χ1) is 8.69. The van der Waals surface area contributed by atoms with E-state index in [1.807, 2.05) is 0 Å². The largest absolute Gasteiger partial charge is 0.385 e. The summed E-state index contributed by atoms with van der Waals surface area (Å²) in [6.07, 6.45) is 6.70. The molecule has 0 atom stereocenters. The lowest BCUT2D eigenvalue weighted by molar-refractivity contribution is 0.300. The average molecular weight is 310 g/mol. The van der Waals surface area contributed by atoms with Gasteiger partial charge in [-0.25, -0.2) is 0 Å². The molecule has 1 aromatic rings. The molecule has 1 aliphatic rings. The number of nitrogens with one attached hydrogen (secondary N) is 1. The van der Waals surface area contributed by atoms with Crippen LogP contribution in [0.15, 0.2) is 22.7 Å². The monoisotopic (exact) mass is 309 g/mol. The van der Waals surface area contributed by atoms with E-state index in [0.717, 1.165) is 24.8 Å². The van der Waals surface area contributed by atoms with Crippen LogP contribution in [0.3, 0.4) is 0 Å². The summed E-state index contributed by atoms with van der Waals surface area (Å²) < 4.78 is 1.18. The minimum atomic E-state index is 0.870. The minimum absolute atomic E-state index is 0.870. The van der Waals surface area contributed by atoms with Crippen LogP contribution in [-0.2, 0) is 6.42 Å². The van der Waals surface area contributed by atoms with Gasteiger partial charge in [-0.15, -0.1) is 0 Å². The Bertz CT molecular complexity index is 381. The first-order valence-corrected chi connectivity index (χ1v) is 8.00. The van der Waals surface area contributed by atoms with Gasteiger partial charge in [0.1, 0.15) is 0 Å². The summed E-state index contributed by atoms with van der Waals surface area (Å²) in [5.41, 5.74) is 2.73. The highest BCUT2D eigenvalue weighted by Crippen LogP contribution is 2.29. The lowest BCUT2D eigenvalue weighted by atomic mass is 9.83. The molecule has 0 aliphatic heterocycles. The molecule has 1 aliphatic carbocycles. The zero-order chi connectivity index (χ0) is 13.0. The second-order valence-electron chi connectivity index (χ2n) is 5.66. The zero-order valence-corrected chi connectivity index (χ0v) is 13.1. The molecule has 1 saturated carbocycles. The fraction of sp³-hybridized carbons (Fsp3) is 0.625. The maximum absolute atomic E-state index is 3.66. The van der Waals surface area contributed by atoms with E-state index in [1.54, 1.807) is 0 Å². The van der Waals surface area contributed by atoms with Crippen molar-refractivity contribution in [2.45, 2.75) is 46.0 Å². The predicted molar refractivity (Wildman–Crippen MR) is 83.1 cm³/mol. The number of hydrogen-bond donors (Lipinski definition) is 1. The zero-order valence-electron chi connectivity index (χ0n) is 11.5. The highest BCUT2D eigenvalue weighted by molar-refractivity contribution is 9.10. The van der Waals surface area contributed by atoms with Gasteiger partial charge in [-0.3, -0.25) is 0 Å². The molecular weight excluding hydrogens is 286 g/mol. The van der Waals surface area contributed by atoms with Crippen molar-refractivity contribution in [3.63, 3.8) is 0 Å². The highest BCUT2D eigenvalue weighted by atomic mass is 79.9. The predicted octanol–water partition coefficient (Wildman–Crippen LogP) is 5.25. The molecular formula is C16H24BrN. The smallest absolute Gasteiger partial charge is 0.0373 e. The number of halogens is 1. The molecule has 0 saturated heterocycles. The molecule has 100 valence electrons. The van der Waals surface area contributed by atoms with Crippen LogP contribution in [0.25, 0.3) is 0 Å². The number of aryl methyl sites for hydroxylation is 1. The Balaban J connectivity index is 1.90. The second-order valence-corrected chi connectivity index (χ2v) is 6.58. The van der Waals surface area contributed by atoms with Crippen molar-refractivity contribution in [2.24, 2.45) is 11.8 Å². The van der Waals surface area contributed by atoms with E-state index in [0.29, 0.717) is 0 Å². The van der Waals surface area contributed by atoms with Crippen molar-refractivity contribution in [1.82, 2.24) is 0 Å². The van der Waals surface area contributed by atoms with Crippen molar-refractivity contribution in [3.8, 4) is 0 Å². The van der Waals surface area contributed by atoms with Gasteiger partial charge in [0.15, 0.2) is 0 Å². The van der Waals surface area contributed by atoms with Gasteiger partial charge in [-0.1, -0.05) is 42.6 Å². The lowest BCUT2D eigenvalue weighted by Gasteiger charge is -2.27. The Kier molecular flexibility index (Phi) is 5.11. The molecule has 1 nitrogen and oxygen atoms in total. The summed E-state index contributed by atoms with van der Waals surface area (Å²) in [6.45, 7) is 5.74. The Labute approximate surface area is 119 Å². The second kappa shape index (κ2) is 6.60. The first-order valence-electron chi connectivity index (χ1n) is 7.21. The van der Waals surface area contributed by atoms with Gasteiger partial charge in [0.2, 0.25) is 0 Å². The summed E-state index contributed by atoms with van der Waals surface area (Å²) in [5, 5.41) is 3.66.